The van der Waals surface area contributed by atoms with Crippen LogP contribution in [-0.4, -0.2) is 38.9 Å². The van der Waals surface area contributed by atoms with Gasteiger partial charge in [-0.05, 0) is 18.6 Å². The molecular weight excluding hydrogens is 323 g/mol. The second-order valence-corrected chi connectivity index (χ2v) is 6.55. The van der Waals surface area contributed by atoms with E-state index in [0.29, 0.717) is 4.31 Å². The maximum Gasteiger partial charge on any atom is 0.416 e. The fraction of sp³-hybridized carbons (Fsp3) is 0.462. The van der Waals surface area contributed by atoms with Gasteiger partial charge >= 0.3 is 12.1 Å². The summed E-state index contributed by atoms with van der Waals surface area (Å²) in [6.45, 7) is 1.10. The van der Waals surface area contributed by atoms with Crippen molar-refractivity contribution in [1.29, 1.82) is 0 Å². The highest BCUT2D eigenvalue weighted by molar-refractivity contribution is 7.88. The first-order chi connectivity index (χ1) is 10.1. The van der Waals surface area contributed by atoms with Crippen LogP contribution in [0.3, 0.4) is 0 Å². The number of carbonyl (C=O) groups is 1. The first kappa shape index (κ1) is 18.4. The van der Waals surface area contributed by atoms with Crippen LogP contribution in [0.5, 0.6) is 0 Å². The van der Waals surface area contributed by atoms with E-state index < -0.39 is 40.0 Å². The average molecular weight is 339 g/mol. The van der Waals surface area contributed by atoms with Crippen molar-refractivity contribution in [2.75, 3.05) is 20.2 Å². The zero-order chi connectivity index (χ0) is 17.0. The molecule has 1 aromatic carbocycles. The first-order valence-electron chi connectivity index (χ1n) is 6.32. The molecule has 0 spiro atoms. The van der Waals surface area contributed by atoms with Crippen LogP contribution in [0, 0.1) is 0 Å². The lowest BCUT2D eigenvalue weighted by atomic mass is 10.1. The van der Waals surface area contributed by atoms with Gasteiger partial charge in [0.2, 0.25) is 10.0 Å². The summed E-state index contributed by atoms with van der Waals surface area (Å²) < 4.78 is 68.0. The molecule has 0 bridgehead atoms. The van der Waals surface area contributed by atoms with E-state index in [2.05, 4.69) is 4.74 Å². The number of hydrogen-bond acceptors (Lipinski definition) is 4. The van der Waals surface area contributed by atoms with Crippen molar-refractivity contribution in [1.82, 2.24) is 4.31 Å². The van der Waals surface area contributed by atoms with Gasteiger partial charge in [-0.1, -0.05) is 18.2 Å². The summed E-state index contributed by atoms with van der Waals surface area (Å²) in [5, 5.41) is 0. The molecule has 0 aliphatic rings. The largest absolute Gasteiger partial charge is 0.465 e. The Labute approximate surface area is 126 Å². The zero-order valence-corrected chi connectivity index (χ0v) is 12.9. The number of esters is 1. The second kappa shape index (κ2) is 7.10. The van der Waals surface area contributed by atoms with Crippen molar-refractivity contribution < 1.29 is 31.1 Å². The normalized spacial score (nSPS) is 12.5. The van der Waals surface area contributed by atoms with Crippen LogP contribution in [0.1, 0.15) is 18.1 Å². The Hall–Kier alpha value is -1.61. The van der Waals surface area contributed by atoms with Crippen molar-refractivity contribution in [2.45, 2.75) is 18.9 Å². The van der Waals surface area contributed by atoms with Crippen LogP contribution in [-0.2, 0) is 31.5 Å². The molecule has 0 amide bonds. The predicted octanol–water partition coefficient (Wildman–Crippen LogP) is 2.03. The predicted molar refractivity (Wildman–Crippen MR) is 73.3 cm³/mol. The van der Waals surface area contributed by atoms with E-state index in [4.69, 9.17) is 0 Å². The monoisotopic (exact) mass is 339 g/mol. The fourth-order valence-corrected chi connectivity index (χ4v) is 2.88. The van der Waals surface area contributed by atoms with Gasteiger partial charge in [-0.2, -0.15) is 17.5 Å². The number of sulfonamides is 1. The number of nitrogens with zero attached hydrogens (tertiary/aromatic N) is 1. The van der Waals surface area contributed by atoms with Crippen LogP contribution in [0.2, 0.25) is 0 Å². The molecule has 0 radical (unpaired) electrons. The topological polar surface area (TPSA) is 63.7 Å². The SMILES string of the molecule is CCOC(=O)CN(C)S(=O)(=O)Cc1ccccc1C(F)(F)F. The summed E-state index contributed by atoms with van der Waals surface area (Å²) in [6.07, 6.45) is -4.65. The second-order valence-electron chi connectivity index (χ2n) is 4.47. The Morgan fingerprint density at radius 1 is 1.27 bits per heavy atom. The highest BCUT2D eigenvalue weighted by atomic mass is 32.2. The maximum atomic E-state index is 12.9. The lowest BCUT2D eigenvalue weighted by Crippen LogP contribution is -2.34. The molecule has 9 heteroatoms. The fourth-order valence-electron chi connectivity index (χ4n) is 1.72. The first-order valence-corrected chi connectivity index (χ1v) is 7.93. The Balaban J connectivity index is 2.96. The molecule has 0 aliphatic heterocycles. The zero-order valence-electron chi connectivity index (χ0n) is 12.1. The van der Waals surface area contributed by atoms with Gasteiger partial charge < -0.3 is 4.74 Å². The molecule has 0 atom stereocenters. The van der Waals surface area contributed by atoms with E-state index in [0.717, 1.165) is 19.2 Å². The van der Waals surface area contributed by atoms with E-state index in [1.54, 1.807) is 6.92 Å². The minimum atomic E-state index is -4.65. The van der Waals surface area contributed by atoms with Crippen LogP contribution < -0.4 is 0 Å². The van der Waals surface area contributed by atoms with Gasteiger partial charge in [0.25, 0.3) is 0 Å². The average Bonchev–Trinajstić information content (AvgIpc) is 2.37. The number of likely N-dealkylation sites (N-methyl/N-ethyl adjacent to an activating group) is 1. The molecule has 124 valence electrons. The molecule has 1 aromatic rings. The van der Waals surface area contributed by atoms with Crippen molar-refractivity contribution in [3.05, 3.63) is 35.4 Å². The van der Waals surface area contributed by atoms with Gasteiger partial charge in [-0.3, -0.25) is 4.79 Å². The van der Waals surface area contributed by atoms with Gasteiger partial charge in [0.15, 0.2) is 0 Å². The molecule has 0 saturated heterocycles. The minimum absolute atomic E-state index is 0.0869. The summed E-state index contributed by atoms with van der Waals surface area (Å²) in [5.74, 6) is -1.61. The van der Waals surface area contributed by atoms with Gasteiger partial charge in [0.05, 0.1) is 17.9 Å². The Bertz CT molecular complexity index is 628. The molecule has 1 rings (SSSR count). The van der Waals surface area contributed by atoms with E-state index in [1.807, 2.05) is 0 Å². The van der Waals surface area contributed by atoms with Crippen molar-refractivity contribution in [3.63, 3.8) is 0 Å². The molecule has 22 heavy (non-hydrogen) atoms. The van der Waals surface area contributed by atoms with E-state index in [1.165, 1.54) is 12.1 Å². The summed E-state index contributed by atoms with van der Waals surface area (Å²) in [5.41, 5.74) is -1.38. The number of carbonyl (C=O) groups excluding carboxylic acids is 1. The van der Waals surface area contributed by atoms with Crippen LogP contribution >= 0.6 is 0 Å². The van der Waals surface area contributed by atoms with Crippen LogP contribution in [0.4, 0.5) is 13.2 Å². The Kier molecular flexibility index (Phi) is 5.95. The summed E-state index contributed by atoms with van der Waals surface area (Å²) in [7, 11) is -2.96. The molecule has 0 unspecified atom stereocenters. The molecule has 0 aliphatic carbocycles. The third kappa shape index (κ3) is 4.99. The Morgan fingerprint density at radius 3 is 2.41 bits per heavy atom. The van der Waals surface area contributed by atoms with Crippen molar-refractivity contribution in [2.24, 2.45) is 0 Å². The standard InChI is InChI=1S/C13H16F3NO4S/c1-3-21-12(18)8-17(2)22(19,20)9-10-6-4-5-7-11(10)13(14,15)16/h4-7H,3,8-9H2,1-2H3. The minimum Gasteiger partial charge on any atom is -0.465 e. The summed E-state index contributed by atoms with van der Waals surface area (Å²) >= 11 is 0. The number of halogens is 3. The summed E-state index contributed by atoms with van der Waals surface area (Å²) in [6, 6.07) is 4.42. The molecule has 0 saturated carbocycles. The maximum absolute atomic E-state index is 12.9. The molecular formula is C13H16F3NO4S. The van der Waals surface area contributed by atoms with Crippen LogP contribution in [0.25, 0.3) is 0 Å². The third-order valence-electron chi connectivity index (χ3n) is 2.79. The number of alkyl halides is 3. The number of rotatable bonds is 6. The summed E-state index contributed by atoms with van der Waals surface area (Å²) in [4.78, 5) is 11.3. The quantitative estimate of drug-likeness (QED) is 0.744. The van der Waals surface area contributed by atoms with E-state index >= 15 is 0 Å². The lowest BCUT2D eigenvalue weighted by Gasteiger charge is -2.18. The lowest BCUT2D eigenvalue weighted by molar-refractivity contribution is -0.143. The smallest absolute Gasteiger partial charge is 0.416 e. The van der Waals surface area contributed by atoms with Crippen LogP contribution in [0.15, 0.2) is 24.3 Å². The van der Waals surface area contributed by atoms with Gasteiger partial charge in [0.1, 0.15) is 6.54 Å². The molecule has 0 heterocycles. The highest BCUT2D eigenvalue weighted by Gasteiger charge is 2.34. The van der Waals surface area contributed by atoms with E-state index in [-0.39, 0.29) is 12.2 Å². The molecule has 0 fully saturated rings. The number of benzene rings is 1. The van der Waals surface area contributed by atoms with Gasteiger partial charge in [-0.15, -0.1) is 0 Å². The number of hydrogen-bond donors (Lipinski definition) is 0. The van der Waals surface area contributed by atoms with Gasteiger partial charge in [-0.25, -0.2) is 8.42 Å². The molecule has 0 N–H and O–H groups in total. The van der Waals surface area contributed by atoms with Crippen molar-refractivity contribution in [3.8, 4) is 0 Å². The third-order valence-corrected chi connectivity index (χ3v) is 4.55. The number of ether oxygens (including phenoxy) is 1. The van der Waals surface area contributed by atoms with Crippen molar-refractivity contribution >= 4 is 16.0 Å². The van der Waals surface area contributed by atoms with E-state index in [9.17, 15) is 26.4 Å². The van der Waals surface area contributed by atoms with Gasteiger partial charge in [0, 0.05) is 7.05 Å². The Morgan fingerprint density at radius 2 is 1.86 bits per heavy atom. The molecule has 0 aromatic heterocycles. The molecule has 5 nitrogen and oxygen atoms in total. The highest BCUT2D eigenvalue weighted by Crippen LogP contribution is 2.32.